The van der Waals surface area contributed by atoms with Gasteiger partial charge in [0.2, 0.25) is 0 Å². The predicted molar refractivity (Wildman–Crippen MR) is 85.7 cm³/mol. The Morgan fingerprint density at radius 1 is 1.32 bits per heavy atom. The van der Waals surface area contributed by atoms with E-state index in [0.29, 0.717) is 6.54 Å². The summed E-state index contributed by atoms with van der Waals surface area (Å²) in [5, 5.41) is 14.9. The summed E-state index contributed by atoms with van der Waals surface area (Å²) < 4.78 is 7.25. The molecule has 0 aromatic carbocycles. The smallest absolute Gasteiger partial charge is 0.191 e. The van der Waals surface area contributed by atoms with Crippen LogP contribution in [0.5, 0.6) is 0 Å². The molecule has 2 aromatic heterocycles. The third kappa shape index (κ3) is 4.09. The molecule has 2 heterocycles. The van der Waals surface area contributed by atoms with Crippen molar-refractivity contribution in [2.24, 2.45) is 4.99 Å². The van der Waals surface area contributed by atoms with E-state index >= 15 is 0 Å². The fourth-order valence-electron chi connectivity index (χ4n) is 2.25. The van der Waals surface area contributed by atoms with E-state index in [1.807, 2.05) is 16.9 Å². The van der Waals surface area contributed by atoms with E-state index < -0.39 is 0 Å². The average Bonchev–Trinajstić information content (AvgIpc) is 3.19. The van der Waals surface area contributed by atoms with Crippen LogP contribution in [0.2, 0.25) is 0 Å². The normalized spacial score (nSPS) is 11.7. The minimum atomic E-state index is 0.664. The van der Waals surface area contributed by atoms with Crippen LogP contribution in [0.4, 0.5) is 0 Å². The highest BCUT2D eigenvalue weighted by molar-refractivity contribution is 5.79. The Balaban J connectivity index is 1.84. The van der Waals surface area contributed by atoms with Gasteiger partial charge < -0.3 is 15.2 Å². The molecule has 0 aliphatic carbocycles. The first-order valence-corrected chi connectivity index (χ1v) is 7.66. The molecule has 7 heteroatoms. The molecular formula is C15H24N6O. The molecule has 0 unspecified atom stereocenters. The average molecular weight is 304 g/mol. The molecule has 0 atom stereocenters. The van der Waals surface area contributed by atoms with Crippen molar-refractivity contribution in [3.8, 4) is 0 Å². The number of hydrogen-bond acceptors (Lipinski definition) is 4. The van der Waals surface area contributed by atoms with Gasteiger partial charge in [0.15, 0.2) is 5.96 Å². The lowest BCUT2D eigenvalue weighted by Gasteiger charge is -2.12. The van der Waals surface area contributed by atoms with Crippen molar-refractivity contribution in [1.82, 2.24) is 25.6 Å². The fourth-order valence-corrected chi connectivity index (χ4v) is 2.25. The monoisotopic (exact) mass is 304 g/mol. The number of rotatable bonds is 7. The minimum Gasteiger partial charge on any atom is -0.361 e. The second-order valence-electron chi connectivity index (χ2n) is 4.86. The zero-order chi connectivity index (χ0) is 15.8. The van der Waals surface area contributed by atoms with Crippen LogP contribution in [0.3, 0.4) is 0 Å². The van der Waals surface area contributed by atoms with Crippen LogP contribution in [0.25, 0.3) is 0 Å². The number of aliphatic imine (C=N–C) groups is 1. The SMILES string of the molecule is CCc1noc(CC)c1CNC(=NC)NCCn1cccn1. The van der Waals surface area contributed by atoms with Crippen molar-refractivity contribution in [3.05, 3.63) is 35.5 Å². The summed E-state index contributed by atoms with van der Waals surface area (Å²) >= 11 is 0. The fraction of sp³-hybridized carbons (Fsp3) is 0.533. The maximum absolute atomic E-state index is 5.37. The molecule has 0 amide bonds. The lowest BCUT2D eigenvalue weighted by Crippen LogP contribution is -2.38. The molecule has 0 saturated carbocycles. The Bertz CT molecular complexity index is 566. The maximum atomic E-state index is 5.37. The second kappa shape index (κ2) is 8.21. The molecule has 0 spiro atoms. The molecule has 0 aliphatic rings. The second-order valence-corrected chi connectivity index (χ2v) is 4.86. The summed E-state index contributed by atoms with van der Waals surface area (Å²) in [4.78, 5) is 4.23. The Labute approximate surface area is 130 Å². The number of aryl methyl sites for hydroxylation is 2. The number of nitrogens with zero attached hydrogens (tertiary/aromatic N) is 4. The Kier molecular flexibility index (Phi) is 6.00. The zero-order valence-corrected chi connectivity index (χ0v) is 13.5. The van der Waals surface area contributed by atoms with E-state index in [4.69, 9.17) is 4.52 Å². The van der Waals surface area contributed by atoms with Gasteiger partial charge in [0.25, 0.3) is 0 Å². The van der Waals surface area contributed by atoms with Crippen molar-refractivity contribution >= 4 is 5.96 Å². The zero-order valence-electron chi connectivity index (χ0n) is 13.5. The van der Waals surface area contributed by atoms with Crippen LogP contribution in [0.1, 0.15) is 30.9 Å². The number of guanidine groups is 1. The van der Waals surface area contributed by atoms with Crippen molar-refractivity contribution in [3.63, 3.8) is 0 Å². The van der Waals surface area contributed by atoms with E-state index in [2.05, 4.69) is 39.7 Å². The van der Waals surface area contributed by atoms with Crippen LogP contribution in [0, 0.1) is 0 Å². The molecule has 22 heavy (non-hydrogen) atoms. The quantitative estimate of drug-likeness (QED) is 0.596. The van der Waals surface area contributed by atoms with Gasteiger partial charge in [-0.2, -0.15) is 5.10 Å². The predicted octanol–water partition coefficient (Wildman–Crippen LogP) is 1.36. The van der Waals surface area contributed by atoms with Gasteiger partial charge in [-0.15, -0.1) is 0 Å². The number of aromatic nitrogens is 3. The molecule has 0 bridgehead atoms. The third-order valence-corrected chi connectivity index (χ3v) is 3.46. The highest BCUT2D eigenvalue weighted by Crippen LogP contribution is 2.15. The minimum absolute atomic E-state index is 0.664. The molecular weight excluding hydrogens is 280 g/mol. The first-order valence-electron chi connectivity index (χ1n) is 7.66. The topological polar surface area (TPSA) is 80.3 Å². The van der Waals surface area contributed by atoms with Gasteiger partial charge in [-0.05, 0) is 12.5 Å². The van der Waals surface area contributed by atoms with Crippen LogP contribution in [-0.4, -0.2) is 34.5 Å². The molecule has 0 fully saturated rings. The summed E-state index contributed by atoms with van der Waals surface area (Å²) in [6, 6.07) is 1.91. The van der Waals surface area contributed by atoms with E-state index in [1.165, 1.54) is 0 Å². The van der Waals surface area contributed by atoms with Crippen molar-refractivity contribution in [1.29, 1.82) is 0 Å². The third-order valence-electron chi connectivity index (χ3n) is 3.46. The van der Waals surface area contributed by atoms with Gasteiger partial charge in [0, 0.05) is 44.5 Å². The van der Waals surface area contributed by atoms with E-state index in [-0.39, 0.29) is 0 Å². The van der Waals surface area contributed by atoms with Gasteiger partial charge in [0.05, 0.1) is 12.2 Å². The number of hydrogen-bond donors (Lipinski definition) is 2. The van der Waals surface area contributed by atoms with Gasteiger partial charge >= 0.3 is 0 Å². The maximum Gasteiger partial charge on any atom is 0.191 e. The van der Waals surface area contributed by atoms with Crippen LogP contribution in [-0.2, 0) is 25.9 Å². The summed E-state index contributed by atoms with van der Waals surface area (Å²) in [5.41, 5.74) is 2.15. The standard InChI is InChI=1S/C15H24N6O/c1-4-13-12(14(5-2)22-20-13)11-18-15(16-3)17-8-10-21-9-6-7-19-21/h6-7,9H,4-5,8,10-11H2,1-3H3,(H2,16,17,18). The highest BCUT2D eigenvalue weighted by atomic mass is 16.5. The highest BCUT2D eigenvalue weighted by Gasteiger charge is 2.13. The molecule has 2 N–H and O–H groups in total. The molecule has 0 aliphatic heterocycles. The van der Waals surface area contributed by atoms with Crippen molar-refractivity contribution in [2.45, 2.75) is 39.8 Å². The van der Waals surface area contributed by atoms with Crippen molar-refractivity contribution < 1.29 is 4.52 Å². The van der Waals surface area contributed by atoms with Gasteiger partial charge in [-0.1, -0.05) is 19.0 Å². The lowest BCUT2D eigenvalue weighted by atomic mass is 10.1. The van der Waals surface area contributed by atoms with E-state index in [0.717, 1.165) is 48.9 Å². The first-order chi connectivity index (χ1) is 10.8. The molecule has 120 valence electrons. The molecule has 0 saturated heterocycles. The summed E-state index contributed by atoms with van der Waals surface area (Å²) in [7, 11) is 1.76. The molecule has 0 radical (unpaired) electrons. The lowest BCUT2D eigenvalue weighted by molar-refractivity contribution is 0.380. The largest absolute Gasteiger partial charge is 0.361 e. The van der Waals surface area contributed by atoms with Crippen LogP contribution in [0.15, 0.2) is 28.0 Å². The van der Waals surface area contributed by atoms with E-state index in [9.17, 15) is 0 Å². The number of nitrogens with one attached hydrogen (secondary N) is 2. The Hall–Kier alpha value is -2.31. The molecule has 2 rings (SSSR count). The van der Waals surface area contributed by atoms with Crippen LogP contribution >= 0.6 is 0 Å². The van der Waals surface area contributed by atoms with Gasteiger partial charge in [-0.3, -0.25) is 9.67 Å². The van der Waals surface area contributed by atoms with Gasteiger partial charge in [-0.25, -0.2) is 0 Å². The summed E-state index contributed by atoms with van der Waals surface area (Å²) in [5.74, 6) is 1.70. The van der Waals surface area contributed by atoms with Crippen LogP contribution < -0.4 is 10.6 Å². The van der Waals surface area contributed by atoms with Gasteiger partial charge in [0.1, 0.15) is 5.76 Å². The summed E-state index contributed by atoms with van der Waals surface area (Å²) in [6.45, 7) is 6.36. The molecule has 2 aromatic rings. The Morgan fingerprint density at radius 2 is 2.18 bits per heavy atom. The van der Waals surface area contributed by atoms with Crippen molar-refractivity contribution in [2.75, 3.05) is 13.6 Å². The summed E-state index contributed by atoms with van der Waals surface area (Å²) in [6.07, 6.45) is 5.43. The van der Waals surface area contributed by atoms with E-state index in [1.54, 1.807) is 13.2 Å². The first kappa shape index (κ1) is 16.1. The molecule has 7 nitrogen and oxygen atoms in total. The Morgan fingerprint density at radius 3 is 2.82 bits per heavy atom.